The van der Waals surface area contributed by atoms with Gasteiger partial charge in [-0.15, -0.1) is 5.06 Å². The minimum atomic E-state index is -0.583. The first-order valence-electron chi connectivity index (χ1n) is 6.37. The van der Waals surface area contributed by atoms with Crippen molar-refractivity contribution < 1.29 is 19.2 Å². The fourth-order valence-corrected chi connectivity index (χ4v) is 3.59. The number of nitrogens with zero attached hydrogens (tertiary/aromatic N) is 2. The van der Waals surface area contributed by atoms with E-state index >= 15 is 0 Å². The van der Waals surface area contributed by atoms with Crippen LogP contribution in [0.25, 0.3) is 0 Å². The van der Waals surface area contributed by atoms with Crippen LogP contribution in [0.2, 0.25) is 0 Å². The van der Waals surface area contributed by atoms with Crippen molar-refractivity contribution in [3.8, 4) is 0 Å². The molecule has 8 heteroatoms. The number of hydrogen-bond donors (Lipinski definition) is 0. The van der Waals surface area contributed by atoms with Crippen molar-refractivity contribution >= 4 is 39.4 Å². The topological polar surface area (TPSA) is 76.6 Å². The molecule has 0 aliphatic carbocycles. The summed E-state index contributed by atoms with van der Waals surface area (Å²) in [6.45, 7) is 1.87. The second-order valence-corrected chi connectivity index (χ2v) is 7.07. The minimum Gasteiger partial charge on any atom is -0.330 e. The van der Waals surface area contributed by atoms with E-state index in [0.29, 0.717) is 5.06 Å². The Hall–Kier alpha value is -1.54. The Bertz CT molecular complexity index is 522. The zero-order valence-corrected chi connectivity index (χ0v) is 13.0. The fourth-order valence-electron chi connectivity index (χ4n) is 1.59. The number of imide groups is 1. The highest BCUT2D eigenvalue weighted by atomic mass is 33.1. The Kier molecular flexibility index (Phi) is 5.63. The third-order valence-electron chi connectivity index (χ3n) is 2.59. The monoisotopic (exact) mass is 326 g/mol. The van der Waals surface area contributed by atoms with Gasteiger partial charge in [0.2, 0.25) is 0 Å². The molecule has 2 rings (SSSR count). The van der Waals surface area contributed by atoms with Gasteiger partial charge in [-0.25, -0.2) is 9.78 Å². The minimum absolute atomic E-state index is 0.0303. The molecular weight excluding hydrogens is 312 g/mol. The first kappa shape index (κ1) is 15.8. The molecule has 6 nitrogen and oxygen atoms in total. The second-order valence-electron chi connectivity index (χ2n) is 4.41. The van der Waals surface area contributed by atoms with Crippen LogP contribution >= 0.6 is 21.6 Å². The molecule has 0 spiro atoms. The molecule has 21 heavy (non-hydrogen) atoms. The van der Waals surface area contributed by atoms with E-state index in [1.165, 1.54) is 21.6 Å². The first-order valence-corrected chi connectivity index (χ1v) is 8.58. The molecule has 1 aliphatic heterocycles. The molecule has 0 N–H and O–H groups in total. The molecule has 0 aromatic carbocycles. The molecule has 1 atom stereocenters. The van der Waals surface area contributed by atoms with Gasteiger partial charge in [0.15, 0.2) is 0 Å². The zero-order chi connectivity index (χ0) is 15.2. The molecule has 1 saturated heterocycles. The lowest BCUT2D eigenvalue weighted by Gasteiger charge is -2.14. The first-order chi connectivity index (χ1) is 10.1. The standard InChI is InChI=1S/C13H14N2O4S2/c1-9(20-21-10-4-2-3-7-14-10)8-13(18)19-15-11(16)5-6-12(15)17/h2-4,7,9H,5-6,8H2,1H3/t9-/m1/s1. The van der Waals surface area contributed by atoms with Gasteiger partial charge in [-0.05, 0) is 22.9 Å². The summed E-state index contributed by atoms with van der Waals surface area (Å²) in [6.07, 6.45) is 2.02. The summed E-state index contributed by atoms with van der Waals surface area (Å²) < 4.78 is 0. The number of carbonyl (C=O) groups excluding carboxylic acids is 3. The number of hydrogen-bond acceptors (Lipinski definition) is 7. The molecule has 2 heterocycles. The highest BCUT2D eigenvalue weighted by Gasteiger charge is 2.33. The van der Waals surface area contributed by atoms with E-state index in [1.807, 2.05) is 25.1 Å². The van der Waals surface area contributed by atoms with E-state index < -0.39 is 17.8 Å². The van der Waals surface area contributed by atoms with Crippen molar-refractivity contribution in [1.82, 2.24) is 10.0 Å². The molecule has 1 aromatic rings. The maximum atomic E-state index is 11.7. The smallest absolute Gasteiger partial charge is 0.330 e. The van der Waals surface area contributed by atoms with Gasteiger partial charge in [0.1, 0.15) is 5.03 Å². The van der Waals surface area contributed by atoms with E-state index in [0.717, 1.165) is 5.03 Å². The highest BCUT2D eigenvalue weighted by molar-refractivity contribution is 8.76. The average molecular weight is 326 g/mol. The Morgan fingerprint density at radius 2 is 2.10 bits per heavy atom. The van der Waals surface area contributed by atoms with Gasteiger partial charge in [-0.3, -0.25) is 9.59 Å². The molecule has 0 bridgehead atoms. The van der Waals surface area contributed by atoms with E-state index in [9.17, 15) is 14.4 Å². The van der Waals surface area contributed by atoms with Crippen LogP contribution in [0.3, 0.4) is 0 Å². The van der Waals surface area contributed by atoms with Crippen molar-refractivity contribution in [2.75, 3.05) is 0 Å². The van der Waals surface area contributed by atoms with Crippen LogP contribution in [-0.2, 0) is 19.2 Å². The van der Waals surface area contributed by atoms with Crippen LogP contribution < -0.4 is 0 Å². The average Bonchev–Trinajstić information content (AvgIpc) is 2.78. The highest BCUT2D eigenvalue weighted by Crippen LogP contribution is 2.34. The molecule has 1 aliphatic rings. The molecule has 112 valence electrons. The Balaban J connectivity index is 1.74. The van der Waals surface area contributed by atoms with Gasteiger partial charge in [-0.2, -0.15) is 0 Å². The largest absolute Gasteiger partial charge is 0.334 e. The predicted octanol–water partition coefficient (Wildman–Crippen LogP) is 2.21. The summed E-state index contributed by atoms with van der Waals surface area (Å²) >= 11 is 0. The van der Waals surface area contributed by atoms with Crippen LogP contribution in [0.15, 0.2) is 29.4 Å². The van der Waals surface area contributed by atoms with Gasteiger partial charge in [0.25, 0.3) is 11.8 Å². The van der Waals surface area contributed by atoms with Gasteiger partial charge < -0.3 is 4.84 Å². The van der Waals surface area contributed by atoms with Gasteiger partial charge in [-0.1, -0.05) is 23.8 Å². The lowest BCUT2D eigenvalue weighted by Crippen LogP contribution is -2.32. The van der Waals surface area contributed by atoms with Gasteiger partial charge in [0.05, 0.1) is 6.42 Å². The van der Waals surface area contributed by atoms with Crippen LogP contribution in [0.5, 0.6) is 0 Å². The Morgan fingerprint density at radius 3 is 2.71 bits per heavy atom. The number of hydroxylamine groups is 2. The van der Waals surface area contributed by atoms with Crippen molar-refractivity contribution in [3.63, 3.8) is 0 Å². The SMILES string of the molecule is C[C@H](CC(=O)ON1C(=O)CCC1=O)SSc1ccccn1. The van der Waals surface area contributed by atoms with Crippen LogP contribution in [0, 0.1) is 0 Å². The molecule has 1 fully saturated rings. The number of rotatable bonds is 6. The van der Waals surface area contributed by atoms with Crippen LogP contribution in [0.4, 0.5) is 0 Å². The summed E-state index contributed by atoms with van der Waals surface area (Å²) in [7, 11) is 2.95. The lowest BCUT2D eigenvalue weighted by atomic mass is 10.3. The number of pyridine rings is 1. The maximum absolute atomic E-state index is 11.7. The van der Waals surface area contributed by atoms with E-state index in [2.05, 4.69) is 4.98 Å². The van der Waals surface area contributed by atoms with Gasteiger partial charge >= 0.3 is 5.97 Å². The van der Waals surface area contributed by atoms with Crippen molar-refractivity contribution in [2.24, 2.45) is 0 Å². The number of aromatic nitrogens is 1. The molecule has 1 aromatic heterocycles. The van der Waals surface area contributed by atoms with Gasteiger partial charge in [0, 0.05) is 24.3 Å². The molecule has 0 unspecified atom stereocenters. The quantitative estimate of drug-likeness (QED) is 0.586. The predicted molar refractivity (Wildman–Crippen MR) is 78.9 cm³/mol. The molecule has 2 amide bonds. The van der Waals surface area contributed by atoms with Crippen LogP contribution in [0.1, 0.15) is 26.2 Å². The molecule has 0 saturated carbocycles. The van der Waals surface area contributed by atoms with E-state index in [-0.39, 0.29) is 24.5 Å². The zero-order valence-electron chi connectivity index (χ0n) is 11.4. The normalized spacial score (nSPS) is 16.1. The summed E-state index contributed by atoms with van der Waals surface area (Å²) in [5.41, 5.74) is 0. The summed E-state index contributed by atoms with van der Waals surface area (Å²) in [5, 5.41) is 1.40. The Labute approximate surface area is 130 Å². The fraction of sp³-hybridized carbons (Fsp3) is 0.385. The summed E-state index contributed by atoms with van der Waals surface area (Å²) in [4.78, 5) is 43.3. The molecular formula is C13H14N2O4S2. The van der Waals surface area contributed by atoms with Crippen molar-refractivity contribution in [2.45, 2.75) is 36.5 Å². The third-order valence-corrected chi connectivity index (χ3v) is 5.38. The van der Waals surface area contributed by atoms with Crippen LogP contribution in [-0.4, -0.2) is 33.1 Å². The second kappa shape index (κ2) is 7.46. The van der Waals surface area contributed by atoms with Crippen molar-refractivity contribution in [1.29, 1.82) is 0 Å². The maximum Gasteiger partial charge on any atom is 0.334 e. The summed E-state index contributed by atoms with van der Waals surface area (Å²) in [6, 6.07) is 5.60. The van der Waals surface area contributed by atoms with E-state index in [4.69, 9.17) is 4.84 Å². The lowest BCUT2D eigenvalue weighted by molar-refractivity contribution is -0.197. The third kappa shape index (κ3) is 4.75. The molecule has 0 radical (unpaired) electrons. The summed E-state index contributed by atoms with van der Waals surface area (Å²) in [5.74, 6) is -1.51. The number of amides is 2. The van der Waals surface area contributed by atoms with Crippen molar-refractivity contribution in [3.05, 3.63) is 24.4 Å². The Morgan fingerprint density at radius 1 is 1.38 bits per heavy atom. The number of carbonyl (C=O) groups is 3. The van der Waals surface area contributed by atoms with E-state index in [1.54, 1.807) is 6.20 Å².